The van der Waals surface area contributed by atoms with Crippen LogP contribution in [0.4, 0.5) is 5.69 Å². The molecule has 0 fully saturated rings. The highest BCUT2D eigenvalue weighted by Gasteiger charge is 2.19. The van der Waals surface area contributed by atoms with E-state index in [0.29, 0.717) is 5.69 Å². The zero-order valence-electron chi connectivity index (χ0n) is 16.4. The van der Waals surface area contributed by atoms with Gasteiger partial charge in [0.15, 0.2) is 0 Å². The van der Waals surface area contributed by atoms with Crippen LogP contribution in [-0.4, -0.2) is 42.5 Å². The number of carbonyl (C=O) groups is 1. The lowest BCUT2D eigenvalue weighted by atomic mass is 10.1. The predicted octanol–water partition coefficient (Wildman–Crippen LogP) is 2.30. The first-order chi connectivity index (χ1) is 15.0. The first kappa shape index (κ1) is 19.8. The van der Waals surface area contributed by atoms with Crippen LogP contribution in [0.25, 0.3) is 11.4 Å². The molecule has 0 atom stereocenters. The number of rotatable bonds is 7. The topological polar surface area (TPSA) is 130 Å². The fourth-order valence-electron chi connectivity index (χ4n) is 2.94. The summed E-state index contributed by atoms with van der Waals surface area (Å²) in [6.07, 6.45) is 4.40. The van der Waals surface area contributed by atoms with Crippen molar-refractivity contribution in [3.63, 3.8) is 0 Å². The van der Waals surface area contributed by atoms with Crippen molar-refractivity contribution in [3.8, 4) is 17.1 Å². The van der Waals surface area contributed by atoms with Gasteiger partial charge in [0.25, 0.3) is 11.6 Å². The maximum absolute atomic E-state index is 12.5. The Morgan fingerprint density at radius 2 is 1.97 bits per heavy atom. The summed E-state index contributed by atoms with van der Waals surface area (Å²) in [5, 5.41) is 22.5. The lowest BCUT2D eigenvalue weighted by molar-refractivity contribution is -0.384. The first-order valence-corrected chi connectivity index (χ1v) is 9.16. The quantitative estimate of drug-likeness (QED) is 0.359. The minimum atomic E-state index is -0.565. The minimum absolute atomic E-state index is 0.158. The van der Waals surface area contributed by atoms with Crippen LogP contribution in [0.3, 0.4) is 0 Å². The van der Waals surface area contributed by atoms with Crippen molar-refractivity contribution in [1.29, 1.82) is 0 Å². The van der Waals surface area contributed by atoms with Gasteiger partial charge in [-0.25, -0.2) is 14.3 Å². The lowest BCUT2D eigenvalue weighted by Gasteiger charge is -2.07. The molecule has 1 N–H and O–H groups in total. The van der Waals surface area contributed by atoms with Crippen molar-refractivity contribution < 1.29 is 14.5 Å². The molecule has 4 rings (SSSR count). The average Bonchev–Trinajstić information content (AvgIpc) is 3.49. The maximum Gasteiger partial charge on any atom is 0.295 e. The molecule has 0 saturated heterocycles. The Bertz CT molecular complexity index is 1220. The molecule has 0 aliphatic heterocycles. The molecule has 0 bridgehead atoms. The summed E-state index contributed by atoms with van der Waals surface area (Å²) >= 11 is 0. The van der Waals surface area contributed by atoms with E-state index < -0.39 is 10.8 Å². The van der Waals surface area contributed by atoms with Crippen molar-refractivity contribution in [1.82, 2.24) is 29.9 Å². The molecule has 31 heavy (non-hydrogen) atoms. The standard InChI is InChI=1S/C20H17N7O4/c1-31-17-5-3-16(4-6-17)25-9-8-15(24-25)11-22-20(28)14-2-7-18(19(10-14)27(29)30)26-13-21-12-23-26/h2-10,12-13H,11H2,1H3,(H,22,28). The van der Waals surface area contributed by atoms with Crippen molar-refractivity contribution in [2.24, 2.45) is 0 Å². The maximum atomic E-state index is 12.5. The molecular weight excluding hydrogens is 402 g/mol. The molecule has 2 aromatic carbocycles. The number of nitrogens with one attached hydrogen (secondary N) is 1. The molecule has 0 unspecified atom stereocenters. The fourth-order valence-corrected chi connectivity index (χ4v) is 2.94. The van der Waals surface area contributed by atoms with Gasteiger partial charge in [0.1, 0.15) is 24.1 Å². The van der Waals surface area contributed by atoms with Crippen molar-refractivity contribution in [3.05, 3.63) is 88.8 Å². The highest BCUT2D eigenvalue weighted by molar-refractivity contribution is 5.95. The Labute approximate surface area is 176 Å². The first-order valence-electron chi connectivity index (χ1n) is 9.16. The molecule has 0 spiro atoms. The number of nitro groups is 1. The van der Waals surface area contributed by atoms with Gasteiger partial charge in [0.2, 0.25) is 0 Å². The molecule has 11 heteroatoms. The van der Waals surface area contributed by atoms with Gasteiger partial charge in [0, 0.05) is 17.8 Å². The van der Waals surface area contributed by atoms with Gasteiger partial charge in [-0.05, 0) is 42.5 Å². The lowest BCUT2D eigenvalue weighted by Crippen LogP contribution is -2.23. The van der Waals surface area contributed by atoms with E-state index in [0.717, 1.165) is 11.4 Å². The molecular formula is C20H17N7O4. The highest BCUT2D eigenvalue weighted by atomic mass is 16.6. The Hall–Kier alpha value is -4.54. The minimum Gasteiger partial charge on any atom is -0.497 e. The Morgan fingerprint density at radius 3 is 2.65 bits per heavy atom. The van der Waals surface area contributed by atoms with Crippen molar-refractivity contribution in [2.75, 3.05) is 7.11 Å². The molecule has 2 heterocycles. The fraction of sp³-hybridized carbons (Fsp3) is 0.100. The van der Waals surface area contributed by atoms with E-state index in [1.807, 2.05) is 24.3 Å². The molecule has 2 aromatic heterocycles. The second-order valence-electron chi connectivity index (χ2n) is 6.43. The summed E-state index contributed by atoms with van der Waals surface area (Å²) in [7, 11) is 1.60. The summed E-state index contributed by atoms with van der Waals surface area (Å²) in [6, 6.07) is 13.3. The van der Waals surface area contributed by atoms with E-state index in [1.54, 1.807) is 24.1 Å². The summed E-state index contributed by atoms with van der Waals surface area (Å²) in [5.41, 5.74) is 1.61. The predicted molar refractivity (Wildman–Crippen MR) is 109 cm³/mol. The van der Waals surface area contributed by atoms with Gasteiger partial charge in [-0.15, -0.1) is 0 Å². The molecule has 0 aliphatic rings. The van der Waals surface area contributed by atoms with Gasteiger partial charge >= 0.3 is 0 Å². The van der Waals surface area contributed by atoms with Crippen molar-refractivity contribution >= 4 is 11.6 Å². The Kier molecular flexibility index (Phi) is 5.39. The number of benzene rings is 2. The van der Waals surface area contributed by atoms with Gasteiger partial charge < -0.3 is 10.1 Å². The van der Waals surface area contributed by atoms with Crippen LogP contribution in [0.1, 0.15) is 16.1 Å². The van der Waals surface area contributed by atoms with Crippen LogP contribution >= 0.6 is 0 Å². The number of nitro benzene ring substituents is 1. The van der Waals surface area contributed by atoms with Crippen LogP contribution in [0.2, 0.25) is 0 Å². The van der Waals surface area contributed by atoms with Crippen LogP contribution in [0, 0.1) is 10.1 Å². The van der Waals surface area contributed by atoms with Crippen LogP contribution in [0.15, 0.2) is 67.4 Å². The van der Waals surface area contributed by atoms with Gasteiger partial charge in [-0.2, -0.15) is 10.2 Å². The van der Waals surface area contributed by atoms with Crippen LogP contribution in [-0.2, 0) is 6.54 Å². The van der Waals surface area contributed by atoms with E-state index in [2.05, 4.69) is 20.5 Å². The number of methoxy groups -OCH3 is 1. The van der Waals surface area contributed by atoms with E-state index >= 15 is 0 Å². The van der Waals surface area contributed by atoms with E-state index in [9.17, 15) is 14.9 Å². The van der Waals surface area contributed by atoms with E-state index in [-0.39, 0.29) is 23.5 Å². The molecule has 11 nitrogen and oxygen atoms in total. The molecule has 0 saturated carbocycles. The Balaban J connectivity index is 1.46. The van der Waals surface area contributed by atoms with Crippen LogP contribution < -0.4 is 10.1 Å². The smallest absolute Gasteiger partial charge is 0.295 e. The monoisotopic (exact) mass is 419 g/mol. The summed E-state index contributed by atoms with van der Waals surface area (Å²) < 4.78 is 8.09. The molecule has 156 valence electrons. The molecule has 0 radical (unpaired) electrons. The summed E-state index contributed by atoms with van der Waals surface area (Å²) in [6.45, 7) is 0.167. The van der Waals surface area contributed by atoms with Crippen LogP contribution in [0.5, 0.6) is 5.75 Å². The number of amides is 1. The Morgan fingerprint density at radius 1 is 1.16 bits per heavy atom. The third-order valence-electron chi connectivity index (χ3n) is 4.51. The zero-order valence-corrected chi connectivity index (χ0v) is 16.4. The number of hydrogen-bond acceptors (Lipinski definition) is 7. The largest absolute Gasteiger partial charge is 0.497 e. The number of carbonyl (C=O) groups excluding carboxylic acids is 1. The van der Waals surface area contributed by atoms with Gasteiger partial charge in [-0.1, -0.05) is 0 Å². The number of aromatic nitrogens is 5. The third kappa shape index (κ3) is 4.24. The third-order valence-corrected chi connectivity index (χ3v) is 4.51. The average molecular weight is 419 g/mol. The van der Waals surface area contributed by atoms with E-state index in [4.69, 9.17) is 4.74 Å². The van der Waals surface area contributed by atoms with Crippen molar-refractivity contribution in [2.45, 2.75) is 6.54 Å². The van der Waals surface area contributed by atoms with Gasteiger partial charge in [-0.3, -0.25) is 14.9 Å². The number of nitrogens with zero attached hydrogens (tertiary/aromatic N) is 6. The second-order valence-corrected chi connectivity index (χ2v) is 6.43. The summed E-state index contributed by atoms with van der Waals surface area (Å²) in [4.78, 5) is 27.2. The second kappa shape index (κ2) is 8.45. The van der Waals surface area contributed by atoms with E-state index in [1.165, 1.54) is 35.5 Å². The van der Waals surface area contributed by atoms with Gasteiger partial charge in [0.05, 0.1) is 30.0 Å². The zero-order chi connectivity index (χ0) is 21.8. The normalized spacial score (nSPS) is 10.6. The molecule has 1 amide bonds. The molecule has 0 aliphatic carbocycles. The number of hydrogen-bond donors (Lipinski definition) is 1. The molecule has 4 aromatic rings. The summed E-state index contributed by atoms with van der Waals surface area (Å²) in [5.74, 6) is 0.291. The number of ether oxygens (including phenoxy) is 1. The highest BCUT2D eigenvalue weighted by Crippen LogP contribution is 2.23. The SMILES string of the molecule is COc1ccc(-n2ccc(CNC(=O)c3ccc(-n4cncn4)c([N+](=O)[O-])c3)n2)cc1.